The second-order valence-electron chi connectivity index (χ2n) is 7.21. The van der Waals surface area contributed by atoms with Crippen molar-refractivity contribution in [3.63, 3.8) is 0 Å². The smallest absolute Gasteiger partial charge is 0.196 e. The topological polar surface area (TPSA) is 48.8 Å². The van der Waals surface area contributed by atoms with Gasteiger partial charge in [0.2, 0.25) is 0 Å². The summed E-state index contributed by atoms with van der Waals surface area (Å²) in [6.07, 6.45) is 3.58. The van der Waals surface area contributed by atoms with Gasteiger partial charge < -0.3 is 10.6 Å². The van der Waals surface area contributed by atoms with Gasteiger partial charge in [-0.1, -0.05) is 107 Å². The molecule has 0 amide bonds. The van der Waals surface area contributed by atoms with Crippen molar-refractivity contribution in [2.45, 2.75) is 11.2 Å². The molecule has 8 heteroatoms. The summed E-state index contributed by atoms with van der Waals surface area (Å²) in [6.45, 7) is 0. The number of allylic oxidation sites excluding steroid dienone is 6. The molecule has 4 nitrogen and oxygen atoms in total. The van der Waals surface area contributed by atoms with Crippen LogP contribution in [-0.4, -0.2) is 22.7 Å². The van der Waals surface area contributed by atoms with Crippen LogP contribution in [0, 0.1) is 0 Å². The Bertz CT molecular complexity index is 1150. The van der Waals surface area contributed by atoms with E-state index in [-0.39, 0.29) is 0 Å². The van der Waals surface area contributed by atoms with Crippen LogP contribution in [-0.2, 0) is 0 Å². The molecule has 2 aromatic carbocycles. The number of nitrogens with zero attached hydrogens (tertiary/aromatic N) is 2. The molecule has 160 valence electrons. The molecule has 0 radical (unpaired) electrons. The Labute approximate surface area is 205 Å². The summed E-state index contributed by atoms with van der Waals surface area (Å²) in [7, 11) is 0. The van der Waals surface area contributed by atoms with Crippen LogP contribution >= 0.6 is 46.4 Å². The van der Waals surface area contributed by atoms with E-state index in [4.69, 9.17) is 46.4 Å². The van der Waals surface area contributed by atoms with Gasteiger partial charge >= 0.3 is 0 Å². The number of benzene rings is 2. The summed E-state index contributed by atoms with van der Waals surface area (Å²) in [5, 5.41) is 6.65. The van der Waals surface area contributed by atoms with E-state index in [1.54, 1.807) is 12.2 Å². The van der Waals surface area contributed by atoms with Crippen LogP contribution in [0.5, 0.6) is 0 Å². The number of halogens is 4. The predicted octanol–water partition coefficient (Wildman–Crippen LogP) is 6.20. The summed E-state index contributed by atoms with van der Waals surface area (Å²) in [6, 6.07) is 20.1. The van der Waals surface area contributed by atoms with E-state index in [0.29, 0.717) is 21.7 Å². The molecular formula is C24H16Cl4N4. The number of aliphatic imine (C=N–C) groups is 2. The highest BCUT2D eigenvalue weighted by Crippen LogP contribution is 2.49. The fraction of sp³-hybridized carbons (Fsp3) is 0.0833. The zero-order chi connectivity index (χ0) is 22.2. The minimum Gasteiger partial charge on any atom is -0.342 e. The monoisotopic (exact) mass is 500 g/mol. The summed E-state index contributed by atoms with van der Waals surface area (Å²) >= 11 is 25.2. The zero-order valence-electron chi connectivity index (χ0n) is 16.5. The molecule has 5 rings (SSSR count). The number of alkyl halides is 2. The van der Waals surface area contributed by atoms with Gasteiger partial charge in [0.25, 0.3) is 0 Å². The predicted molar refractivity (Wildman–Crippen MR) is 135 cm³/mol. The van der Waals surface area contributed by atoms with Gasteiger partial charge in [-0.05, 0) is 23.3 Å². The first kappa shape index (κ1) is 21.4. The SMILES string of the molecule is ClC1=CC(C2=C(c3ccccc3)C(C3=NC(Cl)NC(Cl)=C3)=C2c2ccccc2)=NC(Cl)N1. The van der Waals surface area contributed by atoms with Crippen molar-refractivity contribution in [1.29, 1.82) is 0 Å². The molecule has 32 heavy (non-hydrogen) atoms. The molecule has 2 aromatic rings. The van der Waals surface area contributed by atoms with E-state index >= 15 is 0 Å². The Morgan fingerprint density at radius 1 is 0.562 bits per heavy atom. The van der Waals surface area contributed by atoms with Gasteiger partial charge in [-0.25, -0.2) is 9.98 Å². The van der Waals surface area contributed by atoms with Gasteiger partial charge in [-0.3, -0.25) is 0 Å². The lowest BCUT2D eigenvalue weighted by molar-refractivity contribution is 0.786. The van der Waals surface area contributed by atoms with Gasteiger partial charge in [0.05, 0.1) is 11.4 Å². The van der Waals surface area contributed by atoms with Gasteiger partial charge in [-0.2, -0.15) is 0 Å². The molecule has 0 saturated heterocycles. The number of hydrogen-bond acceptors (Lipinski definition) is 4. The highest BCUT2D eigenvalue weighted by molar-refractivity contribution is 6.44. The fourth-order valence-corrected chi connectivity index (χ4v) is 4.91. The van der Waals surface area contributed by atoms with E-state index in [9.17, 15) is 0 Å². The van der Waals surface area contributed by atoms with Gasteiger partial charge in [0.15, 0.2) is 11.2 Å². The third-order valence-electron chi connectivity index (χ3n) is 5.18. The molecule has 2 heterocycles. The van der Waals surface area contributed by atoms with Crippen molar-refractivity contribution in [1.82, 2.24) is 10.6 Å². The summed E-state index contributed by atoms with van der Waals surface area (Å²) in [4.78, 5) is 9.23. The van der Waals surface area contributed by atoms with Crippen LogP contribution in [0.2, 0.25) is 0 Å². The largest absolute Gasteiger partial charge is 0.342 e. The Kier molecular flexibility index (Phi) is 5.87. The molecule has 0 spiro atoms. The van der Waals surface area contributed by atoms with Gasteiger partial charge in [0.1, 0.15) is 10.3 Å². The van der Waals surface area contributed by atoms with Crippen LogP contribution < -0.4 is 10.6 Å². The minimum atomic E-state index is -0.661. The molecule has 0 bridgehead atoms. The Balaban J connectivity index is 1.78. The maximum atomic E-state index is 6.31. The lowest BCUT2D eigenvalue weighted by Gasteiger charge is -2.34. The van der Waals surface area contributed by atoms with Crippen molar-refractivity contribution in [2.75, 3.05) is 0 Å². The Morgan fingerprint density at radius 3 is 1.28 bits per heavy atom. The molecule has 1 aliphatic carbocycles. The second-order valence-corrected chi connectivity index (χ2v) is 8.85. The van der Waals surface area contributed by atoms with E-state index < -0.39 is 11.2 Å². The highest BCUT2D eigenvalue weighted by atomic mass is 35.5. The van der Waals surface area contributed by atoms with Crippen molar-refractivity contribution < 1.29 is 0 Å². The molecule has 0 fully saturated rings. The number of hydrogen-bond donors (Lipinski definition) is 2. The van der Waals surface area contributed by atoms with Crippen molar-refractivity contribution >= 4 is 69.0 Å². The third-order valence-corrected chi connectivity index (χ3v) is 6.03. The first-order valence-electron chi connectivity index (χ1n) is 9.83. The molecule has 2 atom stereocenters. The van der Waals surface area contributed by atoms with Gasteiger partial charge in [0, 0.05) is 22.3 Å². The lowest BCUT2D eigenvalue weighted by atomic mass is 9.70. The van der Waals surface area contributed by atoms with Crippen LogP contribution in [0.1, 0.15) is 11.1 Å². The van der Waals surface area contributed by atoms with Crippen LogP contribution in [0.4, 0.5) is 0 Å². The number of nitrogens with one attached hydrogen (secondary N) is 2. The molecule has 0 aromatic heterocycles. The van der Waals surface area contributed by atoms with Crippen molar-refractivity contribution in [3.05, 3.63) is 105 Å². The Morgan fingerprint density at radius 2 is 0.938 bits per heavy atom. The number of rotatable bonds is 4. The average molecular weight is 502 g/mol. The zero-order valence-corrected chi connectivity index (χ0v) is 19.5. The molecule has 0 saturated carbocycles. The molecule has 2 aliphatic heterocycles. The van der Waals surface area contributed by atoms with Crippen molar-refractivity contribution in [3.8, 4) is 0 Å². The average Bonchev–Trinajstić information content (AvgIpc) is 2.73. The molecule has 2 N–H and O–H groups in total. The van der Waals surface area contributed by atoms with Crippen LogP contribution in [0.15, 0.2) is 104 Å². The maximum absolute atomic E-state index is 6.31. The summed E-state index contributed by atoms with van der Waals surface area (Å²) in [5.74, 6) is 0. The van der Waals surface area contributed by atoms with Crippen LogP contribution in [0.25, 0.3) is 11.1 Å². The fourth-order valence-electron chi connectivity index (χ4n) is 3.94. The van der Waals surface area contributed by atoms with Gasteiger partial charge in [-0.15, -0.1) is 0 Å². The van der Waals surface area contributed by atoms with E-state index in [1.807, 2.05) is 60.7 Å². The quantitative estimate of drug-likeness (QED) is 0.387. The molecule has 3 aliphatic rings. The van der Waals surface area contributed by atoms with E-state index in [0.717, 1.165) is 33.4 Å². The minimum absolute atomic E-state index is 0.429. The second kappa shape index (κ2) is 8.80. The summed E-state index contributed by atoms with van der Waals surface area (Å²) < 4.78 is 0. The first-order chi connectivity index (χ1) is 15.5. The highest BCUT2D eigenvalue weighted by Gasteiger charge is 2.37. The first-order valence-corrected chi connectivity index (χ1v) is 11.5. The van der Waals surface area contributed by atoms with E-state index in [2.05, 4.69) is 20.6 Å². The third kappa shape index (κ3) is 4.00. The van der Waals surface area contributed by atoms with E-state index in [1.165, 1.54) is 0 Å². The standard InChI is InChI=1S/C24H16Cl4N4/c25-17-11-15(29-23(27)31-17)21-19(13-7-3-1-4-8-13)22(16-12-18(26)32-24(28)30-16)20(21)14-9-5-2-6-10-14/h1-12,23-24,31-32H. The van der Waals surface area contributed by atoms with Crippen LogP contribution in [0.3, 0.4) is 0 Å². The Hall–Kier alpha value is -2.50. The lowest BCUT2D eigenvalue weighted by Crippen LogP contribution is -2.31. The normalized spacial score (nSPS) is 22.8. The molecule has 2 unspecified atom stereocenters. The van der Waals surface area contributed by atoms with Crippen molar-refractivity contribution in [2.24, 2.45) is 9.98 Å². The summed E-state index contributed by atoms with van der Waals surface area (Å²) in [5.41, 5.74) is 5.97. The molecular weight excluding hydrogens is 486 g/mol. The maximum Gasteiger partial charge on any atom is 0.196 e.